The third-order valence-corrected chi connectivity index (χ3v) is 5.63. The third-order valence-electron chi connectivity index (χ3n) is 4.77. The van der Waals surface area contributed by atoms with Crippen molar-refractivity contribution in [3.05, 3.63) is 93.4 Å². The van der Waals surface area contributed by atoms with Crippen LogP contribution >= 0.6 is 11.3 Å². The number of halogens is 1. The van der Waals surface area contributed by atoms with E-state index in [1.807, 2.05) is 17.5 Å². The van der Waals surface area contributed by atoms with Crippen LogP contribution in [-0.4, -0.2) is 26.8 Å². The van der Waals surface area contributed by atoms with Gasteiger partial charge in [0.25, 0.3) is 11.7 Å². The second-order valence-electron chi connectivity index (χ2n) is 6.60. The van der Waals surface area contributed by atoms with Gasteiger partial charge in [-0.1, -0.05) is 18.2 Å². The fourth-order valence-electron chi connectivity index (χ4n) is 3.38. The summed E-state index contributed by atoms with van der Waals surface area (Å²) in [5.74, 6) is -2.33. The molecule has 5 nitrogen and oxygen atoms in total. The number of hydrogen-bond acceptors (Lipinski definition) is 5. The van der Waals surface area contributed by atoms with Crippen LogP contribution in [0, 0.1) is 5.82 Å². The van der Waals surface area contributed by atoms with E-state index in [1.54, 1.807) is 12.1 Å². The highest BCUT2D eigenvalue weighted by molar-refractivity contribution is 7.09. The summed E-state index contributed by atoms with van der Waals surface area (Å²) in [6, 6.07) is 14.0. The molecule has 0 saturated carbocycles. The molecule has 4 rings (SSSR count). The van der Waals surface area contributed by atoms with Crippen LogP contribution in [0.5, 0.6) is 5.75 Å². The number of phenolic OH excluding ortho intramolecular Hbond substituents is 1. The van der Waals surface area contributed by atoms with E-state index in [4.69, 9.17) is 0 Å². The van der Waals surface area contributed by atoms with Crippen LogP contribution in [-0.2, 0) is 16.1 Å². The van der Waals surface area contributed by atoms with E-state index in [9.17, 15) is 24.2 Å². The number of hydrogen-bond donors (Lipinski definition) is 2. The number of aromatic hydroxyl groups is 1. The lowest BCUT2D eigenvalue weighted by atomic mass is 9.95. The van der Waals surface area contributed by atoms with E-state index in [-0.39, 0.29) is 29.2 Å². The second-order valence-corrected chi connectivity index (χ2v) is 7.64. The average molecular weight is 409 g/mol. The summed E-state index contributed by atoms with van der Waals surface area (Å²) in [5, 5.41) is 22.3. The number of carbonyl (C=O) groups excluding carboxylic acids is 2. The number of ketones is 1. The minimum atomic E-state index is -0.831. The van der Waals surface area contributed by atoms with Gasteiger partial charge in [0.1, 0.15) is 17.3 Å². The zero-order chi connectivity index (χ0) is 20.5. The van der Waals surface area contributed by atoms with E-state index < -0.39 is 23.5 Å². The third kappa shape index (κ3) is 3.52. The SMILES string of the molecule is O=C1C(=O)N(Cc2cccs2)C(c2ccc(O)cc2)/C1=C(\O)c1ccc(F)cc1. The Hall–Kier alpha value is -3.45. The fourth-order valence-corrected chi connectivity index (χ4v) is 4.08. The van der Waals surface area contributed by atoms with E-state index in [0.717, 1.165) is 4.88 Å². The van der Waals surface area contributed by atoms with Crippen molar-refractivity contribution in [3.63, 3.8) is 0 Å². The molecule has 1 aliphatic rings. The van der Waals surface area contributed by atoms with Crippen molar-refractivity contribution >= 4 is 28.8 Å². The van der Waals surface area contributed by atoms with Gasteiger partial charge in [-0.05, 0) is 53.4 Å². The lowest BCUT2D eigenvalue weighted by molar-refractivity contribution is -0.140. The van der Waals surface area contributed by atoms with Crippen molar-refractivity contribution in [1.82, 2.24) is 4.90 Å². The topological polar surface area (TPSA) is 77.8 Å². The van der Waals surface area contributed by atoms with Crippen LogP contribution in [0.25, 0.3) is 5.76 Å². The number of Topliss-reactive ketones (excluding diaryl/α,β-unsaturated/α-hetero) is 1. The van der Waals surface area contributed by atoms with Gasteiger partial charge in [0.15, 0.2) is 0 Å². The highest BCUT2D eigenvalue weighted by atomic mass is 32.1. The molecule has 146 valence electrons. The number of aliphatic hydroxyl groups is 1. The van der Waals surface area contributed by atoms with Crippen molar-refractivity contribution < 1.29 is 24.2 Å². The summed E-state index contributed by atoms with van der Waals surface area (Å²) in [5.41, 5.74) is 0.746. The minimum Gasteiger partial charge on any atom is -0.508 e. The Balaban J connectivity index is 1.86. The number of phenols is 1. The number of thiophene rings is 1. The van der Waals surface area contributed by atoms with Crippen molar-refractivity contribution in [2.24, 2.45) is 0 Å². The zero-order valence-corrected chi connectivity index (χ0v) is 15.9. The summed E-state index contributed by atoms with van der Waals surface area (Å²) in [6.07, 6.45) is 0. The molecule has 0 aliphatic carbocycles. The number of likely N-dealkylation sites (tertiary alicyclic amines) is 1. The summed E-state index contributed by atoms with van der Waals surface area (Å²) < 4.78 is 13.3. The first kappa shape index (κ1) is 18.9. The van der Waals surface area contributed by atoms with Gasteiger partial charge in [-0.15, -0.1) is 11.3 Å². The molecular formula is C22H16FNO4S. The van der Waals surface area contributed by atoms with Gasteiger partial charge in [0.05, 0.1) is 18.2 Å². The molecule has 2 aromatic carbocycles. The van der Waals surface area contributed by atoms with Crippen molar-refractivity contribution in [2.75, 3.05) is 0 Å². The normalized spacial score (nSPS) is 18.4. The maximum absolute atomic E-state index is 13.3. The molecule has 0 bridgehead atoms. The van der Waals surface area contributed by atoms with Gasteiger partial charge in [0.2, 0.25) is 0 Å². The first-order valence-electron chi connectivity index (χ1n) is 8.81. The molecule has 1 fully saturated rings. The second kappa shape index (κ2) is 7.52. The fraction of sp³-hybridized carbons (Fsp3) is 0.0909. The summed E-state index contributed by atoms with van der Waals surface area (Å²) in [6.45, 7) is 0.202. The molecule has 1 saturated heterocycles. The Morgan fingerprint density at radius 3 is 2.34 bits per heavy atom. The minimum absolute atomic E-state index is 0.0440. The summed E-state index contributed by atoms with van der Waals surface area (Å²) in [4.78, 5) is 27.9. The van der Waals surface area contributed by atoms with E-state index in [2.05, 4.69) is 0 Å². The predicted octanol–water partition coefficient (Wildman–Crippen LogP) is 4.21. The Labute approximate surface area is 170 Å². The Kier molecular flexibility index (Phi) is 4.90. The van der Waals surface area contributed by atoms with Crippen LogP contribution < -0.4 is 0 Å². The molecule has 2 N–H and O–H groups in total. The molecular weight excluding hydrogens is 393 g/mol. The van der Waals surface area contributed by atoms with E-state index in [0.29, 0.717) is 5.56 Å². The molecule has 2 heterocycles. The van der Waals surface area contributed by atoms with Crippen LogP contribution in [0.1, 0.15) is 22.0 Å². The Morgan fingerprint density at radius 1 is 1.03 bits per heavy atom. The molecule has 29 heavy (non-hydrogen) atoms. The van der Waals surface area contributed by atoms with Crippen LogP contribution in [0.4, 0.5) is 4.39 Å². The van der Waals surface area contributed by atoms with Crippen LogP contribution in [0.15, 0.2) is 71.6 Å². The van der Waals surface area contributed by atoms with E-state index in [1.165, 1.54) is 52.6 Å². The van der Waals surface area contributed by atoms with Gasteiger partial charge in [-0.25, -0.2) is 4.39 Å². The van der Waals surface area contributed by atoms with Crippen molar-refractivity contribution in [1.29, 1.82) is 0 Å². The molecule has 1 aromatic heterocycles. The molecule has 1 amide bonds. The first-order valence-corrected chi connectivity index (χ1v) is 9.69. The lowest BCUT2D eigenvalue weighted by Crippen LogP contribution is -2.28. The van der Waals surface area contributed by atoms with Gasteiger partial charge >= 0.3 is 0 Å². The maximum atomic E-state index is 13.3. The number of amides is 1. The van der Waals surface area contributed by atoms with Crippen molar-refractivity contribution in [2.45, 2.75) is 12.6 Å². The highest BCUT2D eigenvalue weighted by Crippen LogP contribution is 2.40. The molecule has 1 aliphatic heterocycles. The Morgan fingerprint density at radius 2 is 1.72 bits per heavy atom. The van der Waals surface area contributed by atoms with Gasteiger partial charge in [0, 0.05) is 10.4 Å². The largest absolute Gasteiger partial charge is 0.508 e. The zero-order valence-electron chi connectivity index (χ0n) is 15.1. The van der Waals surface area contributed by atoms with Crippen LogP contribution in [0.3, 0.4) is 0 Å². The summed E-state index contributed by atoms with van der Waals surface area (Å²) >= 11 is 1.45. The smallest absolute Gasteiger partial charge is 0.295 e. The summed E-state index contributed by atoms with van der Waals surface area (Å²) in [7, 11) is 0. The molecule has 3 aromatic rings. The molecule has 1 atom stereocenters. The number of aliphatic hydroxyl groups excluding tert-OH is 1. The average Bonchev–Trinajstić information content (AvgIpc) is 3.31. The van der Waals surface area contributed by atoms with Gasteiger partial charge < -0.3 is 15.1 Å². The Bertz CT molecular complexity index is 1090. The number of nitrogens with zero attached hydrogens (tertiary/aromatic N) is 1. The van der Waals surface area contributed by atoms with Gasteiger partial charge in [-0.3, -0.25) is 9.59 Å². The van der Waals surface area contributed by atoms with Crippen LogP contribution in [0.2, 0.25) is 0 Å². The lowest BCUT2D eigenvalue weighted by Gasteiger charge is -2.25. The molecule has 1 unspecified atom stereocenters. The molecule has 0 spiro atoms. The van der Waals surface area contributed by atoms with Crippen molar-refractivity contribution in [3.8, 4) is 5.75 Å². The van der Waals surface area contributed by atoms with Gasteiger partial charge in [-0.2, -0.15) is 0 Å². The standard InChI is InChI=1S/C22H16FNO4S/c23-15-7-3-14(4-8-15)20(26)18-19(13-5-9-16(25)10-6-13)24(22(28)21(18)27)12-17-2-1-11-29-17/h1-11,19,25-26H,12H2/b20-18+. The van der Waals surface area contributed by atoms with E-state index >= 15 is 0 Å². The monoisotopic (exact) mass is 409 g/mol. The highest BCUT2D eigenvalue weighted by Gasteiger charge is 2.46. The molecule has 7 heteroatoms. The quantitative estimate of drug-likeness (QED) is 0.384. The predicted molar refractivity (Wildman–Crippen MR) is 107 cm³/mol. The number of rotatable bonds is 4. The molecule has 0 radical (unpaired) electrons. The number of benzene rings is 2. The first-order chi connectivity index (χ1) is 14.0. The maximum Gasteiger partial charge on any atom is 0.295 e. The number of carbonyl (C=O) groups is 2.